The molecule has 7 aromatic carbocycles. The topological polar surface area (TPSA) is 9.86 Å². The number of rotatable bonds is 7. The lowest BCUT2D eigenvalue weighted by molar-refractivity contribution is 0.714. The van der Waals surface area contributed by atoms with Crippen LogP contribution in [0.1, 0.15) is 29.0 Å². The molecule has 0 aliphatic rings. The molecule has 2 heteroatoms. The Morgan fingerprint density at radius 2 is 0.745 bits per heavy atom. The Morgan fingerprint density at radius 3 is 1.19 bits per heavy atom. The fourth-order valence-electron chi connectivity index (χ4n) is 7.65. The van der Waals surface area contributed by atoms with Crippen molar-refractivity contribution in [1.29, 1.82) is 0 Å². The second-order valence-electron chi connectivity index (χ2n) is 12.5. The summed E-state index contributed by atoms with van der Waals surface area (Å²) in [7, 11) is 0. The maximum absolute atomic E-state index is 2.46. The van der Waals surface area contributed by atoms with Crippen LogP contribution < -0.4 is 0 Å². The molecule has 9 rings (SSSR count). The van der Waals surface area contributed by atoms with Gasteiger partial charge in [0.15, 0.2) is 0 Å². The predicted molar refractivity (Wildman–Crippen MR) is 198 cm³/mol. The summed E-state index contributed by atoms with van der Waals surface area (Å²) in [6.45, 7) is 0. The van der Waals surface area contributed by atoms with Crippen molar-refractivity contribution in [3.63, 3.8) is 0 Å². The van der Waals surface area contributed by atoms with Gasteiger partial charge in [0.25, 0.3) is 0 Å². The number of benzene rings is 7. The number of aromatic nitrogens is 2. The van der Waals surface area contributed by atoms with E-state index in [2.05, 4.69) is 185 Å². The van der Waals surface area contributed by atoms with E-state index in [-0.39, 0.29) is 5.92 Å². The number of hydrogen-bond acceptors (Lipinski definition) is 0. The average Bonchev–Trinajstić information content (AvgIpc) is 3.66. The van der Waals surface area contributed by atoms with E-state index in [4.69, 9.17) is 0 Å². The summed E-state index contributed by atoms with van der Waals surface area (Å²) < 4.78 is 4.93. The van der Waals surface area contributed by atoms with Gasteiger partial charge in [-0.3, -0.25) is 0 Å². The minimum absolute atomic E-state index is 0.219. The van der Waals surface area contributed by atoms with Gasteiger partial charge in [0, 0.05) is 38.8 Å². The molecular formula is C45H34N2. The molecule has 0 aliphatic heterocycles. The van der Waals surface area contributed by atoms with Gasteiger partial charge in [-0.25, -0.2) is 0 Å². The van der Waals surface area contributed by atoms with Crippen LogP contribution in [-0.2, 0) is 6.42 Å². The largest absolute Gasteiger partial charge is 0.309 e. The summed E-state index contributed by atoms with van der Waals surface area (Å²) in [6, 6.07) is 64.5. The van der Waals surface area contributed by atoms with Crippen LogP contribution in [0.2, 0.25) is 0 Å². The summed E-state index contributed by atoms with van der Waals surface area (Å²) in [4.78, 5) is 0. The molecule has 0 fully saturated rings. The zero-order valence-electron chi connectivity index (χ0n) is 26.1. The molecule has 0 saturated heterocycles. The third-order valence-corrected chi connectivity index (χ3v) is 9.77. The Hall–Kier alpha value is -5.86. The van der Waals surface area contributed by atoms with Crippen LogP contribution in [0, 0.1) is 0 Å². The van der Waals surface area contributed by atoms with Crippen molar-refractivity contribution in [2.75, 3.05) is 0 Å². The highest BCUT2D eigenvalue weighted by Gasteiger charge is 2.21. The number of para-hydroxylation sites is 4. The highest BCUT2D eigenvalue weighted by atomic mass is 15.0. The van der Waals surface area contributed by atoms with Gasteiger partial charge < -0.3 is 9.13 Å². The molecule has 2 nitrogen and oxygen atoms in total. The van der Waals surface area contributed by atoms with Crippen LogP contribution >= 0.6 is 0 Å². The van der Waals surface area contributed by atoms with Gasteiger partial charge in [-0.1, -0.05) is 133 Å². The smallest absolute Gasteiger partial charge is 0.0541 e. The summed E-state index contributed by atoms with van der Waals surface area (Å²) >= 11 is 0. The Kier molecular flexibility index (Phi) is 6.71. The number of nitrogens with zero attached hydrogens (tertiary/aromatic N) is 2. The van der Waals surface area contributed by atoms with E-state index in [1.807, 2.05) is 0 Å². The molecule has 1 atom stereocenters. The van der Waals surface area contributed by atoms with E-state index in [0.29, 0.717) is 0 Å². The van der Waals surface area contributed by atoms with E-state index in [1.165, 1.54) is 71.7 Å². The van der Waals surface area contributed by atoms with Crippen LogP contribution in [0.5, 0.6) is 0 Å². The van der Waals surface area contributed by atoms with Gasteiger partial charge in [-0.2, -0.15) is 0 Å². The number of aryl methyl sites for hydroxylation is 1. The van der Waals surface area contributed by atoms with Crippen molar-refractivity contribution in [3.8, 4) is 11.4 Å². The monoisotopic (exact) mass is 602 g/mol. The molecule has 9 aromatic rings. The van der Waals surface area contributed by atoms with Crippen LogP contribution in [0.3, 0.4) is 0 Å². The molecule has 0 spiro atoms. The highest BCUT2D eigenvalue weighted by Crippen LogP contribution is 2.39. The quantitative estimate of drug-likeness (QED) is 0.172. The molecule has 2 aromatic heterocycles. The van der Waals surface area contributed by atoms with Crippen LogP contribution in [0.15, 0.2) is 176 Å². The third-order valence-electron chi connectivity index (χ3n) is 9.77. The lowest BCUT2D eigenvalue weighted by Gasteiger charge is -2.22. The van der Waals surface area contributed by atoms with Crippen LogP contribution in [0.25, 0.3) is 55.0 Å². The maximum atomic E-state index is 2.46. The molecule has 0 radical (unpaired) electrons. The predicted octanol–water partition coefficient (Wildman–Crippen LogP) is 11.6. The summed E-state index contributed by atoms with van der Waals surface area (Å²) in [5.74, 6) is 0.219. The lowest BCUT2D eigenvalue weighted by Crippen LogP contribution is -2.07. The first kappa shape index (κ1) is 27.5. The van der Waals surface area contributed by atoms with E-state index < -0.39 is 0 Å². The van der Waals surface area contributed by atoms with Crippen molar-refractivity contribution < 1.29 is 0 Å². The molecule has 1 unspecified atom stereocenters. The fourth-order valence-corrected chi connectivity index (χ4v) is 7.65. The van der Waals surface area contributed by atoms with Crippen molar-refractivity contribution in [1.82, 2.24) is 9.13 Å². The van der Waals surface area contributed by atoms with Crippen molar-refractivity contribution in [2.45, 2.75) is 18.8 Å². The summed E-state index contributed by atoms with van der Waals surface area (Å²) in [5.41, 5.74) is 11.3. The van der Waals surface area contributed by atoms with Crippen molar-refractivity contribution in [2.24, 2.45) is 0 Å². The number of fused-ring (bicyclic) bond motifs is 6. The molecule has 224 valence electrons. The first-order chi connectivity index (χ1) is 23.3. The van der Waals surface area contributed by atoms with E-state index >= 15 is 0 Å². The molecular weight excluding hydrogens is 569 g/mol. The normalized spacial score (nSPS) is 12.3. The Balaban J connectivity index is 1.34. The third kappa shape index (κ3) is 4.73. The molecule has 0 saturated carbocycles. The Morgan fingerprint density at radius 1 is 0.362 bits per heavy atom. The second-order valence-corrected chi connectivity index (χ2v) is 12.5. The van der Waals surface area contributed by atoms with Gasteiger partial charge in [0.1, 0.15) is 0 Å². The minimum Gasteiger partial charge on any atom is -0.309 e. The van der Waals surface area contributed by atoms with Gasteiger partial charge in [-0.15, -0.1) is 0 Å². The Bertz CT molecular complexity index is 2280. The Labute approximate surface area is 274 Å². The molecule has 0 amide bonds. The average molecular weight is 603 g/mol. The van der Waals surface area contributed by atoms with E-state index in [0.717, 1.165) is 12.8 Å². The van der Waals surface area contributed by atoms with Gasteiger partial charge >= 0.3 is 0 Å². The standard InChI is InChI=1S/C45H34N2/c1-3-15-32(16-4-1)27-28-37(33-17-5-2-6-18-33)34-29-35(46-42-23-11-7-19-38(42)39-20-8-12-24-43(39)46)31-36(30-34)47-44-25-13-9-21-40(44)41-22-10-14-26-45(41)47/h1-26,29-31,37H,27-28H2. The molecule has 0 bridgehead atoms. The van der Waals surface area contributed by atoms with Crippen LogP contribution in [0.4, 0.5) is 0 Å². The molecule has 0 N–H and O–H groups in total. The van der Waals surface area contributed by atoms with E-state index in [9.17, 15) is 0 Å². The highest BCUT2D eigenvalue weighted by molar-refractivity contribution is 6.10. The summed E-state index contributed by atoms with van der Waals surface area (Å²) in [6.07, 6.45) is 2.02. The van der Waals surface area contributed by atoms with Crippen molar-refractivity contribution >= 4 is 43.6 Å². The zero-order chi connectivity index (χ0) is 31.2. The minimum atomic E-state index is 0.219. The van der Waals surface area contributed by atoms with Gasteiger partial charge in [0.2, 0.25) is 0 Å². The number of hydrogen-bond donors (Lipinski definition) is 0. The molecule has 47 heavy (non-hydrogen) atoms. The fraction of sp³-hybridized carbons (Fsp3) is 0.0667. The first-order valence-corrected chi connectivity index (χ1v) is 16.5. The van der Waals surface area contributed by atoms with Crippen LogP contribution in [-0.4, -0.2) is 9.13 Å². The second kappa shape index (κ2) is 11.5. The SMILES string of the molecule is c1ccc(CCC(c2ccccc2)c2cc(-n3c4ccccc4c4ccccc43)cc(-n3c4ccccc4c4ccccc43)c2)cc1. The van der Waals surface area contributed by atoms with E-state index in [1.54, 1.807) is 0 Å². The van der Waals surface area contributed by atoms with Gasteiger partial charge in [0.05, 0.1) is 22.1 Å². The lowest BCUT2D eigenvalue weighted by atomic mass is 9.85. The van der Waals surface area contributed by atoms with Crippen molar-refractivity contribution in [3.05, 3.63) is 193 Å². The van der Waals surface area contributed by atoms with Gasteiger partial charge in [-0.05, 0) is 72.0 Å². The molecule has 2 heterocycles. The molecule has 0 aliphatic carbocycles. The first-order valence-electron chi connectivity index (χ1n) is 16.5. The zero-order valence-corrected chi connectivity index (χ0v) is 26.1. The maximum Gasteiger partial charge on any atom is 0.0541 e. The summed E-state index contributed by atoms with van der Waals surface area (Å²) in [5, 5.41) is 5.09.